The molecule has 2 heterocycles. The highest BCUT2D eigenvalue weighted by molar-refractivity contribution is 6.30. The largest absolute Gasteiger partial charge is 0.309 e. The van der Waals surface area contributed by atoms with Crippen LogP contribution >= 0.6 is 11.6 Å². The first-order valence-corrected chi connectivity index (χ1v) is 7.10. The highest BCUT2D eigenvalue weighted by Crippen LogP contribution is 2.18. The number of carbonyl (C=O) groups excluding carboxylic acids is 1. The van der Waals surface area contributed by atoms with Crippen LogP contribution in [-0.2, 0) is 4.79 Å². The van der Waals surface area contributed by atoms with Gasteiger partial charge in [0.2, 0.25) is 5.91 Å². The van der Waals surface area contributed by atoms with Gasteiger partial charge in [0.05, 0.1) is 11.1 Å². The Morgan fingerprint density at radius 3 is 3.00 bits per heavy atom. The van der Waals surface area contributed by atoms with E-state index < -0.39 is 0 Å². The SMILES string of the molecule is CC1CCCN(C(C)C(=O)Nc2ccc(Cl)cn2)C1. The van der Waals surface area contributed by atoms with Gasteiger partial charge in [-0.15, -0.1) is 0 Å². The molecule has 0 bridgehead atoms. The summed E-state index contributed by atoms with van der Waals surface area (Å²) >= 11 is 5.77. The first-order valence-electron chi connectivity index (χ1n) is 6.72. The molecule has 1 aromatic heterocycles. The number of halogens is 1. The van der Waals surface area contributed by atoms with Gasteiger partial charge in [0.15, 0.2) is 0 Å². The Kier molecular flexibility index (Phi) is 4.77. The van der Waals surface area contributed by atoms with Crippen molar-refractivity contribution >= 4 is 23.3 Å². The normalized spacial score (nSPS) is 21.9. The lowest BCUT2D eigenvalue weighted by molar-refractivity contribution is -0.121. The number of aromatic nitrogens is 1. The summed E-state index contributed by atoms with van der Waals surface area (Å²) < 4.78 is 0. The minimum Gasteiger partial charge on any atom is -0.309 e. The minimum absolute atomic E-state index is 0.0103. The molecule has 1 fully saturated rings. The van der Waals surface area contributed by atoms with Crippen molar-refractivity contribution in [3.63, 3.8) is 0 Å². The van der Waals surface area contributed by atoms with Crippen LogP contribution in [-0.4, -0.2) is 34.9 Å². The highest BCUT2D eigenvalue weighted by Gasteiger charge is 2.25. The van der Waals surface area contributed by atoms with E-state index in [1.54, 1.807) is 12.1 Å². The monoisotopic (exact) mass is 281 g/mol. The number of nitrogens with one attached hydrogen (secondary N) is 1. The smallest absolute Gasteiger partial charge is 0.242 e. The number of amides is 1. The third-order valence-electron chi connectivity index (χ3n) is 3.59. The zero-order chi connectivity index (χ0) is 13.8. The Labute approximate surface area is 119 Å². The number of carbonyl (C=O) groups is 1. The summed E-state index contributed by atoms with van der Waals surface area (Å²) in [5, 5.41) is 3.40. The van der Waals surface area contributed by atoms with Crippen LogP contribution in [0.1, 0.15) is 26.7 Å². The van der Waals surface area contributed by atoms with Crippen LogP contribution in [0, 0.1) is 5.92 Å². The number of hydrogen-bond donors (Lipinski definition) is 1. The van der Waals surface area contributed by atoms with Gasteiger partial charge in [-0.1, -0.05) is 18.5 Å². The molecule has 0 aromatic carbocycles. The molecule has 104 valence electrons. The van der Waals surface area contributed by atoms with E-state index in [4.69, 9.17) is 11.6 Å². The number of piperidine rings is 1. The zero-order valence-electron chi connectivity index (χ0n) is 11.4. The summed E-state index contributed by atoms with van der Waals surface area (Å²) in [6, 6.07) is 3.31. The van der Waals surface area contributed by atoms with Crippen molar-refractivity contribution in [2.45, 2.75) is 32.7 Å². The lowest BCUT2D eigenvalue weighted by Gasteiger charge is -2.34. The molecule has 0 radical (unpaired) electrons. The second-order valence-electron chi connectivity index (χ2n) is 5.27. The Bertz CT molecular complexity index is 435. The molecule has 5 heteroatoms. The Morgan fingerprint density at radius 2 is 2.37 bits per heavy atom. The molecule has 2 unspecified atom stereocenters. The molecule has 0 spiro atoms. The number of anilines is 1. The molecule has 1 saturated heterocycles. The van der Waals surface area contributed by atoms with Crippen LogP contribution < -0.4 is 5.32 Å². The summed E-state index contributed by atoms with van der Waals surface area (Å²) in [6.07, 6.45) is 3.95. The Hall–Kier alpha value is -1.13. The van der Waals surface area contributed by atoms with Crippen molar-refractivity contribution < 1.29 is 4.79 Å². The molecular formula is C14H20ClN3O. The molecule has 1 aliphatic rings. The van der Waals surface area contributed by atoms with Crippen molar-refractivity contribution in [3.05, 3.63) is 23.4 Å². The van der Waals surface area contributed by atoms with Crippen molar-refractivity contribution in [1.82, 2.24) is 9.88 Å². The molecule has 1 N–H and O–H groups in total. The van der Waals surface area contributed by atoms with Gasteiger partial charge in [-0.3, -0.25) is 9.69 Å². The lowest BCUT2D eigenvalue weighted by Crippen LogP contribution is -2.46. The third kappa shape index (κ3) is 3.91. The molecular weight excluding hydrogens is 262 g/mol. The summed E-state index contributed by atoms with van der Waals surface area (Å²) in [5.41, 5.74) is 0. The van der Waals surface area contributed by atoms with Gasteiger partial charge < -0.3 is 5.32 Å². The highest BCUT2D eigenvalue weighted by atomic mass is 35.5. The van der Waals surface area contributed by atoms with Crippen molar-refractivity contribution in [2.24, 2.45) is 5.92 Å². The van der Waals surface area contributed by atoms with E-state index in [1.165, 1.54) is 12.6 Å². The molecule has 1 aliphatic heterocycles. The van der Waals surface area contributed by atoms with Gasteiger partial charge in [-0.25, -0.2) is 4.98 Å². The third-order valence-corrected chi connectivity index (χ3v) is 3.82. The number of pyridine rings is 1. The standard InChI is InChI=1S/C14H20ClN3O/c1-10-4-3-7-18(9-10)11(2)14(19)17-13-6-5-12(15)8-16-13/h5-6,8,10-11H,3-4,7,9H2,1-2H3,(H,16,17,19). The maximum Gasteiger partial charge on any atom is 0.242 e. The van der Waals surface area contributed by atoms with E-state index >= 15 is 0 Å². The van der Waals surface area contributed by atoms with Crippen LogP contribution in [0.5, 0.6) is 0 Å². The molecule has 2 atom stereocenters. The fourth-order valence-corrected chi connectivity index (χ4v) is 2.54. The van der Waals surface area contributed by atoms with Crippen LogP contribution in [0.3, 0.4) is 0 Å². The van der Waals surface area contributed by atoms with Gasteiger partial charge in [0.1, 0.15) is 5.82 Å². The van der Waals surface area contributed by atoms with E-state index in [2.05, 4.69) is 22.1 Å². The fourth-order valence-electron chi connectivity index (χ4n) is 2.42. The maximum atomic E-state index is 12.2. The average Bonchev–Trinajstić information content (AvgIpc) is 2.40. The van der Waals surface area contributed by atoms with E-state index in [1.807, 2.05) is 6.92 Å². The van der Waals surface area contributed by atoms with E-state index in [0.717, 1.165) is 19.5 Å². The molecule has 2 rings (SSSR count). The fraction of sp³-hybridized carbons (Fsp3) is 0.571. The summed E-state index contributed by atoms with van der Waals surface area (Å²) in [5.74, 6) is 1.20. The zero-order valence-corrected chi connectivity index (χ0v) is 12.2. The summed E-state index contributed by atoms with van der Waals surface area (Å²) in [7, 11) is 0. The number of hydrogen-bond acceptors (Lipinski definition) is 3. The number of likely N-dealkylation sites (tertiary alicyclic amines) is 1. The first-order chi connectivity index (χ1) is 9.06. The van der Waals surface area contributed by atoms with Gasteiger partial charge in [-0.05, 0) is 44.4 Å². The lowest BCUT2D eigenvalue weighted by atomic mass is 9.99. The maximum absolute atomic E-state index is 12.2. The van der Waals surface area contributed by atoms with Crippen LogP contribution in [0.25, 0.3) is 0 Å². The Balaban J connectivity index is 1.93. The van der Waals surface area contributed by atoms with Crippen LogP contribution in [0.2, 0.25) is 5.02 Å². The van der Waals surface area contributed by atoms with Gasteiger partial charge in [0.25, 0.3) is 0 Å². The van der Waals surface area contributed by atoms with Gasteiger partial charge in [-0.2, -0.15) is 0 Å². The summed E-state index contributed by atoms with van der Waals surface area (Å²) in [4.78, 5) is 18.5. The Morgan fingerprint density at radius 1 is 1.58 bits per heavy atom. The predicted molar refractivity (Wildman–Crippen MR) is 77.3 cm³/mol. The van der Waals surface area contributed by atoms with E-state index in [0.29, 0.717) is 16.8 Å². The quantitative estimate of drug-likeness (QED) is 0.927. The van der Waals surface area contributed by atoms with E-state index in [9.17, 15) is 4.79 Å². The second-order valence-corrected chi connectivity index (χ2v) is 5.71. The van der Waals surface area contributed by atoms with Crippen LogP contribution in [0.4, 0.5) is 5.82 Å². The molecule has 19 heavy (non-hydrogen) atoms. The topological polar surface area (TPSA) is 45.2 Å². The molecule has 4 nitrogen and oxygen atoms in total. The summed E-state index contributed by atoms with van der Waals surface area (Å²) in [6.45, 7) is 6.16. The first kappa shape index (κ1) is 14.3. The number of rotatable bonds is 3. The van der Waals surface area contributed by atoms with Crippen molar-refractivity contribution in [1.29, 1.82) is 0 Å². The molecule has 0 aliphatic carbocycles. The average molecular weight is 282 g/mol. The van der Waals surface area contributed by atoms with E-state index in [-0.39, 0.29) is 11.9 Å². The predicted octanol–water partition coefficient (Wildman–Crippen LogP) is 2.79. The molecule has 1 aromatic rings. The molecule has 1 amide bonds. The number of nitrogens with zero attached hydrogens (tertiary/aromatic N) is 2. The van der Waals surface area contributed by atoms with Crippen molar-refractivity contribution in [2.75, 3.05) is 18.4 Å². The van der Waals surface area contributed by atoms with Crippen molar-refractivity contribution in [3.8, 4) is 0 Å². The minimum atomic E-state index is -0.125. The second kappa shape index (κ2) is 6.35. The van der Waals surface area contributed by atoms with Gasteiger partial charge in [0, 0.05) is 12.7 Å². The van der Waals surface area contributed by atoms with Gasteiger partial charge >= 0.3 is 0 Å². The molecule has 0 saturated carbocycles. The van der Waals surface area contributed by atoms with Crippen LogP contribution in [0.15, 0.2) is 18.3 Å².